The molecule has 1 amide bonds. The van der Waals surface area contributed by atoms with Crippen LogP contribution in [-0.2, 0) is 16.0 Å². The molecule has 0 aliphatic heterocycles. The predicted octanol–water partition coefficient (Wildman–Crippen LogP) is 5.33. The summed E-state index contributed by atoms with van der Waals surface area (Å²) >= 11 is 3.16. The molecule has 0 heterocycles. The number of amides is 1. The molecule has 28 heavy (non-hydrogen) atoms. The maximum absolute atomic E-state index is 14.6. The van der Waals surface area contributed by atoms with E-state index in [0.29, 0.717) is 21.4 Å². The highest BCUT2D eigenvalue weighted by Gasteiger charge is 2.19. The molecule has 150 valence electrons. The molecule has 8 heteroatoms. The van der Waals surface area contributed by atoms with Crippen molar-refractivity contribution in [2.75, 3.05) is 17.7 Å². The van der Waals surface area contributed by atoms with E-state index in [4.69, 9.17) is 4.74 Å². The first-order valence-corrected chi connectivity index (χ1v) is 9.29. The summed E-state index contributed by atoms with van der Waals surface area (Å²) in [6.45, 7) is 5.47. The maximum atomic E-state index is 14.6. The fourth-order valence-corrected chi connectivity index (χ4v) is 2.82. The molecule has 0 radical (unpaired) electrons. The van der Waals surface area contributed by atoms with Gasteiger partial charge in [0.15, 0.2) is 0 Å². The number of esters is 1. The van der Waals surface area contributed by atoms with Gasteiger partial charge in [-0.2, -0.15) is 0 Å². The van der Waals surface area contributed by atoms with Crippen molar-refractivity contribution in [2.45, 2.75) is 32.9 Å². The number of nitrogens with one attached hydrogen (secondary N) is 2. The number of halogens is 2. The van der Waals surface area contributed by atoms with E-state index < -0.39 is 23.5 Å². The van der Waals surface area contributed by atoms with Gasteiger partial charge in [-0.1, -0.05) is 12.1 Å². The van der Waals surface area contributed by atoms with E-state index in [1.165, 1.54) is 7.11 Å². The third kappa shape index (κ3) is 5.95. The van der Waals surface area contributed by atoms with E-state index in [2.05, 4.69) is 31.3 Å². The Bertz CT molecular complexity index is 881. The van der Waals surface area contributed by atoms with Crippen LogP contribution in [0.15, 0.2) is 40.9 Å². The molecule has 0 atom stereocenters. The minimum Gasteiger partial charge on any atom is -0.465 e. The van der Waals surface area contributed by atoms with Crippen molar-refractivity contribution in [2.24, 2.45) is 0 Å². The molecule has 0 spiro atoms. The fraction of sp³-hybridized carbons (Fsp3) is 0.300. The van der Waals surface area contributed by atoms with Gasteiger partial charge >= 0.3 is 12.1 Å². The number of methoxy groups -OCH3 is 1. The van der Waals surface area contributed by atoms with Gasteiger partial charge in [-0.05, 0) is 61.0 Å². The van der Waals surface area contributed by atoms with Gasteiger partial charge in [0.05, 0.1) is 7.11 Å². The molecule has 2 N–H and O–H groups in total. The second-order valence-corrected chi connectivity index (χ2v) is 7.80. The first-order valence-electron chi connectivity index (χ1n) is 8.50. The minimum absolute atomic E-state index is 0.138. The van der Waals surface area contributed by atoms with Crippen molar-refractivity contribution < 1.29 is 23.5 Å². The lowest BCUT2D eigenvalue weighted by Crippen LogP contribution is -2.27. The lowest BCUT2D eigenvalue weighted by Gasteiger charge is -2.19. The molecule has 0 unspecified atom stereocenters. The first kappa shape index (κ1) is 21.7. The largest absolute Gasteiger partial charge is 0.465 e. The number of rotatable bonds is 5. The van der Waals surface area contributed by atoms with Gasteiger partial charge in [0.1, 0.15) is 17.0 Å². The highest BCUT2D eigenvalue weighted by atomic mass is 79.9. The summed E-state index contributed by atoms with van der Waals surface area (Å²) in [4.78, 5) is 23.6. The number of hydrogen-bond donors (Lipinski definition) is 2. The number of ether oxygens (including phenoxy) is 2. The van der Waals surface area contributed by atoms with E-state index in [1.54, 1.807) is 57.2 Å². The average Bonchev–Trinajstić information content (AvgIpc) is 2.59. The van der Waals surface area contributed by atoms with Crippen LogP contribution in [0, 0.1) is 5.82 Å². The molecule has 0 saturated heterocycles. The third-order valence-electron chi connectivity index (χ3n) is 3.55. The molecule has 0 fully saturated rings. The summed E-state index contributed by atoms with van der Waals surface area (Å²) in [6, 6.07) is 10.1. The Hall–Kier alpha value is -2.61. The minimum atomic E-state index is -0.755. The zero-order valence-corrected chi connectivity index (χ0v) is 17.6. The van der Waals surface area contributed by atoms with Gasteiger partial charge in [-0.15, -0.1) is 0 Å². The van der Waals surface area contributed by atoms with Crippen LogP contribution < -0.4 is 10.6 Å². The van der Waals surface area contributed by atoms with Crippen molar-refractivity contribution in [3.05, 3.63) is 57.8 Å². The molecule has 0 aromatic heterocycles. The molecule has 2 aromatic carbocycles. The Balaban J connectivity index is 2.10. The topological polar surface area (TPSA) is 76.7 Å². The molecule has 2 aromatic rings. The molecule has 0 saturated carbocycles. The highest BCUT2D eigenvalue weighted by molar-refractivity contribution is 9.10. The van der Waals surface area contributed by atoms with Gasteiger partial charge in [-0.3, -0.25) is 5.32 Å². The van der Waals surface area contributed by atoms with Crippen LogP contribution in [-0.4, -0.2) is 24.8 Å². The Labute approximate surface area is 171 Å². The average molecular weight is 453 g/mol. The van der Waals surface area contributed by atoms with Crippen LogP contribution in [0.2, 0.25) is 0 Å². The molecule has 2 rings (SSSR count). The standard InChI is InChI=1S/C20H22BrFN2O4/c1-20(2,3)28-19(26)24-14-7-5-6-13(10-14)23-11-12-8-9-15(21)16(17(12)22)18(25)27-4/h5-10,23H,11H2,1-4H3,(H,24,26). The fourth-order valence-electron chi connectivity index (χ4n) is 2.35. The molecular weight excluding hydrogens is 431 g/mol. The Morgan fingerprint density at radius 2 is 1.82 bits per heavy atom. The summed E-state index contributed by atoms with van der Waals surface area (Å²) in [5.41, 5.74) is 0.744. The Morgan fingerprint density at radius 1 is 1.14 bits per heavy atom. The molecule has 6 nitrogen and oxygen atoms in total. The molecule has 0 aliphatic carbocycles. The van der Waals surface area contributed by atoms with Crippen LogP contribution >= 0.6 is 15.9 Å². The lowest BCUT2D eigenvalue weighted by atomic mass is 10.1. The van der Waals surface area contributed by atoms with Crippen molar-refractivity contribution in [1.29, 1.82) is 0 Å². The summed E-state index contributed by atoms with van der Waals surface area (Å²) in [7, 11) is 1.20. The summed E-state index contributed by atoms with van der Waals surface area (Å²) in [5, 5.41) is 5.71. The van der Waals surface area contributed by atoms with Crippen LogP contribution in [0.3, 0.4) is 0 Å². The summed E-state index contributed by atoms with van der Waals surface area (Å²) < 4.78 is 24.8. The SMILES string of the molecule is COC(=O)c1c(Br)ccc(CNc2cccc(NC(=O)OC(C)(C)C)c2)c1F. The van der Waals surface area contributed by atoms with Crippen LogP contribution in [0.1, 0.15) is 36.7 Å². The van der Waals surface area contributed by atoms with E-state index in [0.717, 1.165) is 0 Å². The zero-order valence-electron chi connectivity index (χ0n) is 16.1. The quantitative estimate of drug-likeness (QED) is 0.599. The molecular formula is C20H22BrFN2O4. The number of anilines is 2. The maximum Gasteiger partial charge on any atom is 0.412 e. The highest BCUT2D eigenvalue weighted by Crippen LogP contribution is 2.25. The van der Waals surface area contributed by atoms with Crippen molar-refractivity contribution in [3.63, 3.8) is 0 Å². The third-order valence-corrected chi connectivity index (χ3v) is 4.21. The summed E-state index contributed by atoms with van der Waals surface area (Å²) in [5.74, 6) is -1.41. The first-order chi connectivity index (χ1) is 13.1. The van der Waals surface area contributed by atoms with Gasteiger partial charge < -0.3 is 14.8 Å². The zero-order chi connectivity index (χ0) is 20.9. The van der Waals surface area contributed by atoms with E-state index >= 15 is 0 Å². The molecule has 0 bridgehead atoms. The Kier molecular flexibility index (Phi) is 7.01. The van der Waals surface area contributed by atoms with Gasteiger partial charge in [0, 0.05) is 28.0 Å². The number of carbonyl (C=O) groups is 2. The number of benzene rings is 2. The van der Waals surface area contributed by atoms with E-state index in [-0.39, 0.29) is 12.1 Å². The van der Waals surface area contributed by atoms with Gasteiger partial charge in [0.2, 0.25) is 0 Å². The Morgan fingerprint density at radius 3 is 2.46 bits per heavy atom. The van der Waals surface area contributed by atoms with Gasteiger partial charge in [0.25, 0.3) is 0 Å². The van der Waals surface area contributed by atoms with Crippen molar-refractivity contribution in [1.82, 2.24) is 0 Å². The molecule has 0 aliphatic rings. The van der Waals surface area contributed by atoms with Crippen LogP contribution in [0.25, 0.3) is 0 Å². The second-order valence-electron chi connectivity index (χ2n) is 6.95. The van der Waals surface area contributed by atoms with Gasteiger partial charge in [-0.25, -0.2) is 14.0 Å². The van der Waals surface area contributed by atoms with E-state index in [9.17, 15) is 14.0 Å². The van der Waals surface area contributed by atoms with E-state index in [1.807, 2.05) is 0 Å². The van der Waals surface area contributed by atoms with Crippen LogP contribution in [0.5, 0.6) is 0 Å². The van der Waals surface area contributed by atoms with Crippen molar-refractivity contribution in [3.8, 4) is 0 Å². The summed E-state index contributed by atoms with van der Waals surface area (Å²) in [6.07, 6.45) is -0.564. The second kappa shape index (κ2) is 9.05. The van der Waals surface area contributed by atoms with Crippen LogP contribution in [0.4, 0.5) is 20.6 Å². The monoisotopic (exact) mass is 452 g/mol. The van der Waals surface area contributed by atoms with Crippen molar-refractivity contribution >= 4 is 39.4 Å². The number of carbonyl (C=O) groups excluding carboxylic acids is 2. The smallest absolute Gasteiger partial charge is 0.412 e. The number of hydrogen-bond acceptors (Lipinski definition) is 5. The lowest BCUT2D eigenvalue weighted by molar-refractivity contribution is 0.0591. The normalized spacial score (nSPS) is 10.9. The predicted molar refractivity (Wildman–Crippen MR) is 109 cm³/mol.